The van der Waals surface area contributed by atoms with Crippen LogP contribution in [0.5, 0.6) is 5.75 Å². The Balaban J connectivity index is 1.40. The highest BCUT2D eigenvalue weighted by Crippen LogP contribution is 2.55. The first-order chi connectivity index (χ1) is 16.9. The second kappa shape index (κ2) is 9.67. The van der Waals surface area contributed by atoms with Crippen molar-refractivity contribution in [3.8, 4) is 11.8 Å². The van der Waals surface area contributed by atoms with E-state index in [9.17, 15) is 14.7 Å². The number of ether oxygens (including phenoxy) is 1. The lowest BCUT2D eigenvalue weighted by Crippen LogP contribution is -2.74. The molecule has 0 aromatic heterocycles. The van der Waals surface area contributed by atoms with Gasteiger partial charge < -0.3 is 20.1 Å². The van der Waals surface area contributed by atoms with E-state index < -0.39 is 5.97 Å². The van der Waals surface area contributed by atoms with Gasteiger partial charge in [-0.25, -0.2) is 0 Å². The fraction of sp³-hybridized carbons (Fsp3) is 0.464. The SMILES string of the molecule is CC1(C)C(NC(=O)c2ccc(N3CCC(C(=O)O)CC3)cc2)C(C)(C)C1Oc1ccc(C#N)c(Cl)c1. The third kappa shape index (κ3) is 4.75. The quantitative estimate of drug-likeness (QED) is 0.560. The van der Waals surface area contributed by atoms with Crippen LogP contribution in [-0.4, -0.2) is 42.2 Å². The molecule has 2 aromatic carbocycles. The van der Waals surface area contributed by atoms with Crippen molar-refractivity contribution in [2.75, 3.05) is 18.0 Å². The summed E-state index contributed by atoms with van der Waals surface area (Å²) in [6.07, 6.45) is 1.08. The predicted molar refractivity (Wildman–Crippen MR) is 138 cm³/mol. The van der Waals surface area contributed by atoms with Crippen molar-refractivity contribution in [2.45, 2.75) is 52.7 Å². The molecule has 8 heteroatoms. The minimum absolute atomic E-state index is 0.119. The fourth-order valence-corrected chi connectivity index (χ4v) is 6.23. The molecule has 1 saturated carbocycles. The maximum Gasteiger partial charge on any atom is 0.306 e. The zero-order chi connectivity index (χ0) is 26.3. The highest BCUT2D eigenvalue weighted by atomic mass is 35.5. The lowest BCUT2D eigenvalue weighted by molar-refractivity contribution is -0.164. The van der Waals surface area contributed by atoms with E-state index in [1.165, 1.54) is 0 Å². The summed E-state index contributed by atoms with van der Waals surface area (Å²) in [5, 5.41) is 21.9. The van der Waals surface area contributed by atoms with Crippen molar-refractivity contribution in [2.24, 2.45) is 16.7 Å². The molecule has 0 atom stereocenters. The number of carboxylic acids is 1. The van der Waals surface area contributed by atoms with E-state index in [-0.39, 0.29) is 34.8 Å². The van der Waals surface area contributed by atoms with Gasteiger partial charge in [0.15, 0.2) is 0 Å². The van der Waals surface area contributed by atoms with Gasteiger partial charge in [0.25, 0.3) is 5.91 Å². The molecule has 190 valence electrons. The second-order valence-electron chi connectivity index (χ2n) is 10.9. The highest BCUT2D eigenvalue weighted by molar-refractivity contribution is 6.31. The Morgan fingerprint density at radius 2 is 1.69 bits per heavy atom. The van der Waals surface area contributed by atoms with E-state index in [2.05, 4.69) is 37.9 Å². The van der Waals surface area contributed by atoms with Crippen molar-refractivity contribution in [3.63, 3.8) is 0 Å². The normalized spacial score (nSPS) is 22.7. The molecule has 2 aromatic rings. The molecule has 1 aliphatic carbocycles. The Bertz CT molecular complexity index is 1180. The number of piperidine rings is 1. The number of anilines is 1. The van der Waals surface area contributed by atoms with Crippen LogP contribution in [-0.2, 0) is 4.79 Å². The van der Waals surface area contributed by atoms with Crippen LogP contribution in [0.15, 0.2) is 42.5 Å². The van der Waals surface area contributed by atoms with Gasteiger partial charge in [0.05, 0.1) is 16.5 Å². The minimum atomic E-state index is -0.725. The summed E-state index contributed by atoms with van der Waals surface area (Å²) >= 11 is 6.18. The second-order valence-corrected chi connectivity index (χ2v) is 11.4. The maximum absolute atomic E-state index is 13.1. The largest absolute Gasteiger partial charge is 0.489 e. The van der Waals surface area contributed by atoms with E-state index in [0.29, 0.717) is 47.8 Å². The molecular weight excluding hydrogens is 478 g/mol. The van der Waals surface area contributed by atoms with Crippen LogP contribution in [0.25, 0.3) is 0 Å². The Labute approximate surface area is 217 Å². The van der Waals surface area contributed by atoms with Gasteiger partial charge in [-0.3, -0.25) is 9.59 Å². The zero-order valence-electron chi connectivity index (χ0n) is 21.0. The molecule has 1 heterocycles. The lowest BCUT2D eigenvalue weighted by Gasteiger charge is -2.63. The monoisotopic (exact) mass is 509 g/mol. The Kier molecular flexibility index (Phi) is 6.94. The van der Waals surface area contributed by atoms with Crippen molar-refractivity contribution >= 4 is 29.2 Å². The molecule has 0 unspecified atom stereocenters. The smallest absolute Gasteiger partial charge is 0.306 e. The third-order valence-corrected chi connectivity index (χ3v) is 8.08. The van der Waals surface area contributed by atoms with Crippen LogP contribution >= 0.6 is 11.6 Å². The topological polar surface area (TPSA) is 103 Å². The van der Waals surface area contributed by atoms with E-state index in [1.54, 1.807) is 18.2 Å². The van der Waals surface area contributed by atoms with Gasteiger partial charge in [-0.2, -0.15) is 5.26 Å². The zero-order valence-corrected chi connectivity index (χ0v) is 21.8. The standard InChI is InChI=1S/C28H32ClN3O4/c1-27(2)25(28(3,4)26(27)36-21-10-7-19(16-30)22(29)15-21)31-23(33)17-5-8-20(9-6-17)32-13-11-18(12-14-32)24(34)35/h5-10,15,18,25-26H,11-14H2,1-4H3,(H,31,33)(H,34,35). The molecule has 0 bridgehead atoms. The summed E-state index contributed by atoms with van der Waals surface area (Å²) in [5.41, 5.74) is 1.29. The number of hydrogen-bond donors (Lipinski definition) is 2. The number of halogens is 1. The molecular formula is C28H32ClN3O4. The Hall–Kier alpha value is -3.24. The molecule has 36 heavy (non-hydrogen) atoms. The number of aliphatic carboxylic acids is 1. The lowest BCUT2D eigenvalue weighted by atomic mass is 9.49. The number of amides is 1. The van der Waals surface area contributed by atoms with E-state index >= 15 is 0 Å². The average molecular weight is 510 g/mol. The number of carbonyl (C=O) groups is 2. The molecule has 2 aliphatic rings. The van der Waals surface area contributed by atoms with Crippen molar-refractivity contribution in [3.05, 3.63) is 58.6 Å². The predicted octanol–water partition coefficient (Wildman–Crippen LogP) is 5.12. The van der Waals surface area contributed by atoms with Gasteiger partial charge in [-0.15, -0.1) is 0 Å². The number of rotatable bonds is 6. The molecule has 4 rings (SSSR count). The molecule has 1 saturated heterocycles. The van der Waals surface area contributed by atoms with Gasteiger partial charge in [-0.1, -0.05) is 39.3 Å². The molecule has 0 spiro atoms. The van der Waals surface area contributed by atoms with Gasteiger partial charge in [0.2, 0.25) is 0 Å². The summed E-state index contributed by atoms with van der Waals surface area (Å²) in [6.45, 7) is 9.68. The number of nitriles is 1. The summed E-state index contributed by atoms with van der Waals surface area (Å²) < 4.78 is 6.30. The molecule has 0 radical (unpaired) electrons. The van der Waals surface area contributed by atoms with Crippen LogP contribution in [0, 0.1) is 28.1 Å². The number of benzene rings is 2. The summed E-state index contributed by atoms with van der Waals surface area (Å²) in [4.78, 5) is 26.5. The molecule has 1 amide bonds. The number of carboxylic acid groups (broad SMARTS) is 1. The number of hydrogen-bond acceptors (Lipinski definition) is 5. The highest BCUT2D eigenvalue weighted by Gasteiger charge is 2.64. The van der Waals surface area contributed by atoms with Crippen molar-refractivity contribution < 1.29 is 19.4 Å². The summed E-state index contributed by atoms with van der Waals surface area (Å²) in [6, 6.07) is 14.5. The van der Waals surface area contributed by atoms with E-state index in [0.717, 1.165) is 5.69 Å². The molecule has 2 N–H and O–H groups in total. The van der Waals surface area contributed by atoms with Crippen LogP contribution in [0.2, 0.25) is 5.02 Å². The Morgan fingerprint density at radius 3 is 2.22 bits per heavy atom. The van der Waals surface area contributed by atoms with Crippen LogP contribution < -0.4 is 15.0 Å². The first-order valence-electron chi connectivity index (χ1n) is 12.2. The van der Waals surface area contributed by atoms with E-state index in [4.69, 9.17) is 21.6 Å². The van der Waals surface area contributed by atoms with E-state index in [1.807, 2.05) is 30.3 Å². The van der Waals surface area contributed by atoms with Crippen LogP contribution in [0.4, 0.5) is 5.69 Å². The van der Waals surface area contributed by atoms with Gasteiger partial charge in [-0.05, 0) is 49.2 Å². The van der Waals surface area contributed by atoms with Crippen LogP contribution in [0.3, 0.4) is 0 Å². The van der Waals surface area contributed by atoms with Crippen molar-refractivity contribution in [1.82, 2.24) is 5.32 Å². The van der Waals surface area contributed by atoms with Gasteiger partial charge >= 0.3 is 5.97 Å². The third-order valence-electron chi connectivity index (χ3n) is 7.77. The Morgan fingerprint density at radius 1 is 1.08 bits per heavy atom. The fourth-order valence-electron chi connectivity index (χ4n) is 6.02. The van der Waals surface area contributed by atoms with Crippen LogP contribution in [0.1, 0.15) is 56.5 Å². The summed E-state index contributed by atoms with van der Waals surface area (Å²) in [7, 11) is 0. The average Bonchev–Trinajstić information content (AvgIpc) is 2.85. The minimum Gasteiger partial charge on any atom is -0.489 e. The number of nitrogens with one attached hydrogen (secondary N) is 1. The molecule has 7 nitrogen and oxygen atoms in total. The molecule has 2 fully saturated rings. The molecule has 1 aliphatic heterocycles. The first kappa shape index (κ1) is 25.8. The van der Waals surface area contributed by atoms with Gasteiger partial charge in [0.1, 0.15) is 17.9 Å². The first-order valence-corrected chi connectivity index (χ1v) is 12.6. The maximum atomic E-state index is 13.1. The van der Waals surface area contributed by atoms with Crippen molar-refractivity contribution in [1.29, 1.82) is 5.26 Å². The number of carbonyl (C=O) groups excluding carboxylic acids is 1. The summed E-state index contributed by atoms with van der Waals surface area (Å²) in [5.74, 6) is -0.547. The van der Waals surface area contributed by atoms with Gasteiger partial charge in [0, 0.05) is 47.3 Å². The number of nitrogens with zero attached hydrogens (tertiary/aromatic N) is 2.